The van der Waals surface area contributed by atoms with Gasteiger partial charge in [-0.1, -0.05) is 33.6 Å². The van der Waals surface area contributed by atoms with E-state index in [1.165, 1.54) is 45.2 Å². The van der Waals surface area contributed by atoms with E-state index in [2.05, 4.69) is 37.9 Å². The van der Waals surface area contributed by atoms with Crippen LogP contribution in [0.1, 0.15) is 59.8 Å². The minimum Gasteiger partial charge on any atom is -0.311 e. The van der Waals surface area contributed by atoms with Crippen molar-refractivity contribution in [3.8, 4) is 0 Å². The normalized spacial score (nSPS) is 31.9. The number of nitrogens with one attached hydrogen (secondary N) is 1. The Hall–Kier alpha value is -0.0800. The van der Waals surface area contributed by atoms with Crippen molar-refractivity contribution in [1.82, 2.24) is 10.2 Å². The first kappa shape index (κ1) is 14.0. The molecule has 2 heteroatoms. The van der Waals surface area contributed by atoms with Gasteiger partial charge in [-0.25, -0.2) is 0 Å². The third-order valence-electron chi connectivity index (χ3n) is 4.16. The van der Waals surface area contributed by atoms with E-state index in [1.54, 1.807) is 0 Å². The van der Waals surface area contributed by atoms with Crippen LogP contribution in [0.5, 0.6) is 0 Å². The van der Waals surface area contributed by atoms with Crippen LogP contribution < -0.4 is 5.32 Å². The minimum absolute atomic E-state index is 0.388. The maximum atomic E-state index is 3.73. The van der Waals surface area contributed by atoms with Crippen LogP contribution in [-0.2, 0) is 0 Å². The highest BCUT2D eigenvalue weighted by atomic mass is 15.3. The van der Waals surface area contributed by atoms with Crippen LogP contribution in [-0.4, -0.2) is 36.1 Å². The van der Waals surface area contributed by atoms with Gasteiger partial charge in [-0.05, 0) is 32.7 Å². The fourth-order valence-electron chi connectivity index (χ4n) is 2.63. The minimum atomic E-state index is 0.388. The van der Waals surface area contributed by atoms with Gasteiger partial charge < -0.3 is 5.32 Å². The zero-order valence-electron chi connectivity index (χ0n) is 11.7. The lowest BCUT2D eigenvalue weighted by molar-refractivity contribution is 0.0458. The van der Waals surface area contributed by atoms with Gasteiger partial charge in [0.05, 0.1) is 0 Å². The summed E-state index contributed by atoms with van der Waals surface area (Å²) in [5.41, 5.74) is 0.388. The van der Waals surface area contributed by atoms with Crippen molar-refractivity contribution in [2.45, 2.75) is 71.4 Å². The molecule has 1 fully saturated rings. The second-order valence-electron chi connectivity index (χ2n) is 5.52. The first-order chi connectivity index (χ1) is 7.66. The van der Waals surface area contributed by atoms with Gasteiger partial charge in [-0.15, -0.1) is 0 Å². The Morgan fingerprint density at radius 1 is 1.25 bits per heavy atom. The number of nitrogens with zero attached hydrogens (tertiary/aromatic N) is 1. The molecule has 0 aromatic carbocycles. The summed E-state index contributed by atoms with van der Waals surface area (Å²) in [5, 5.41) is 3.73. The standard InChI is InChI=1S/C14H30N2/c1-5-8-10-16-11-13(9-6-2)15-12-14(16,4)7-3/h13,15H,5-12H2,1-4H3. The maximum absolute atomic E-state index is 3.73. The quantitative estimate of drug-likeness (QED) is 0.749. The van der Waals surface area contributed by atoms with Crippen molar-refractivity contribution in [2.75, 3.05) is 19.6 Å². The molecule has 0 radical (unpaired) electrons. The van der Waals surface area contributed by atoms with E-state index in [-0.39, 0.29) is 0 Å². The van der Waals surface area contributed by atoms with Gasteiger partial charge in [0, 0.05) is 24.7 Å². The summed E-state index contributed by atoms with van der Waals surface area (Å²) in [6, 6.07) is 0.724. The van der Waals surface area contributed by atoms with Gasteiger partial charge in [-0.2, -0.15) is 0 Å². The lowest BCUT2D eigenvalue weighted by atomic mass is 9.91. The summed E-state index contributed by atoms with van der Waals surface area (Å²) >= 11 is 0. The van der Waals surface area contributed by atoms with Crippen LogP contribution in [0.15, 0.2) is 0 Å². The van der Waals surface area contributed by atoms with Crippen molar-refractivity contribution in [3.63, 3.8) is 0 Å². The monoisotopic (exact) mass is 226 g/mol. The number of hydrogen-bond acceptors (Lipinski definition) is 2. The Morgan fingerprint density at radius 2 is 2.00 bits per heavy atom. The summed E-state index contributed by atoms with van der Waals surface area (Å²) < 4.78 is 0. The molecule has 0 aromatic rings. The molecule has 2 atom stereocenters. The Balaban J connectivity index is 2.54. The smallest absolute Gasteiger partial charge is 0.0303 e. The van der Waals surface area contributed by atoms with Crippen LogP contribution in [0.3, 0.4) is 0 Å². The molecule has 1 saturated heterocycles. The van der Waals surface area contributed by atoms with Crippen LogP contribution in [0.4, 0.5) is 0 Å². The first-order valence-corrected chi connectivity index (χ1v) is 7.14. The van der Waals surface area contributed by atoms with Crippen molar-refractivity contribution in [1.29, 1.82) is 0 Å². The Morgan fingerprint density at radius 3 is 2.56 bits per heavy atom. The SMILES string of the molecule is CCCCN1CC(CCC)NCC1(C)CC. The number of piperazine rings is 1. The third-order valence-corrected chi connectivity index (χ3v) is 4.16. The first-order valence-electron chi connectivity index (χ1n) is 7.14. The fraction of sp³-hybridized carbons (Fsp3) is 1.00. The van der Waals surface area contributed by atoms with Crippen molar-refractivity contribution >= 4 is 0 Å². The van der Waals surface area contributed by atoms with Gasteiger partial charge in [-0.3, -0.25) is 4.90 Å². The van der Waals surface area contributed by atoms with E-state index in [0.29, 0.717) is 5.54 Å². The van der Waals surface area contributed by atoms with Crippen LogP contribution >= 0.6 is 0 Å². The molecule has 0 amide bonds. The second-order valence-corrected chi connectivity index (χ2v) is 5.52. The molecule has 0 aromatic heterocycles. The van der Waals surface area contributed by atoms with Crippen LogP contribution in [0, 0.1) is 0 Å². The highest BCUT2D eigenvalue weighted by molar-refractivity contribution is 4.94. The predicted octanol–water partition coefficient (Wildman–Crippen LogP) is 3.03. The summed E-state index contributed by atoms with van der Waals surface area (Å²) in [7, 11) is 0. The van der Waals surface area contributed by atoms with Crippen molar-refractivity contribution in [2.24, 2.45) is 0 Å². The predicted molar refractivity (Wildman–Crippen MR) is 71.9 cm³/mol. The molecule has 16 heavy (non-hydrogen) atoms. The molecule has 1 rings (SSSR count). The summed E-state index contributed by atoms with van der Waals surface area (Å²) in [5.74, 6) is 0. The molecule has 96 valence electrons. The molecular formula is C14H30N2. The van der Waals surface area contributed by atoms with Crippen molar-refractivity contribution in [3.05, 3.63) is 0 Å². The highest BCUT2D eigenvalue weighted by Crippen LogP contribution is 2.24. The molecule has 0 bridgehead atoms. The molecule has 1 aliphatic rings. The third kappa shape index (κ3) is 3.46. The van der Waals surface area contributed by atoms with Gasteiger partial charge in [0.1, 0.15) is 0 Å². The fourth-order valence-corrected chi connectivity index (χ4v) is 2.63. The van der Waals surface area contributed by atoms with E-state index in [9.17, 15) is 0 Å². The van der Waals surface area contributed by atoms with E-state index >= 15 is 0 Å². The summed E-state index contributed by atoms with van der Waals surface area (Å²) in [6.07, 6.45) is 6.52. The van der Waals surface area contributed by atoms with Gasteiger partial charge >= 0.3 is 0 Å². The number of rotatable bonds is 6. The average molecular weight is 226 g/mol. The van der Waals surface area contributed by atoms with Gasteiger partial charge in [0.15, 0.2) is 0 Å². The largest absolute Gasteiger partial charge is 0.311 e. The van der Waals surface area contributed by atoms with E-state index in [4.69, 9.17) is 0 Å². The maximum Gasteiger partial charge on any atom is 0.0303 e. The average Bonchev–Trinajstić information content (AvgIpc) is 2.30. The number of hydrogen-bond donors (Lipinski definition) is 1. The van der Waals surface area contributed by atoms with Crippen LogP contribution in [0.25, 0.3) is 0 Å². The lowest BCUT2D eigenvalue weighted by Crippen LogP contribution is -2.63. The van der Waals surface area contributed by atoms with E-state index in [0.717, 1.165) is 12.6 Å². The molecule has 0 aliphatic carbocycles. The zero-order valence-corrected chi connectivity index (χ0v) is 11.7. The highest BCUT2D eigenvalue weighted by Gasteiger charge is 2.35. The summed E-state index contributed by atoms with van der Waals surface area (Å²) in [6.45, 7) is 13.0. The molecule has 1 N–H and O–H groups in total. The molecule has 1 aliphatic heterocycles. The van der Waals surface area contributed by atoms with Crippen LogP contribution in [0.2, 0.25) is 0 Å². The summed E-state index contributed by atoms with van der Waals surface area (Å²) in [4.78, 5) is 2.73. The van der Waals surface area contributed by atoms with E-state index in [1.807, 2.05) is 0 Å². The van der Waals surface area contributed by atoms with Crippen molar-refractivity contribution < 1.29 is 0 Å². The number of unbranched alkanes of at least 4 members (excludes halogenated alkanes) is 1. The molecule has 0 spiro atoms. The van der Waals surface area contributed by atoms with Gasteiger partial charge in [0.25, 0.3) is 0 Å². The molecular weight excluding hydrogens is 196 g/mol. The Labute approximate surface area is 102 Å². The molecule has 0 saturated carbocycles. The van der Waals surface area contributed by atoms with Gasteiger partial charge in [0.2, 0.25) is 0 Å². The second kappa shape index (κ2) is 6.61. The Bertz CT molecular complexity index is 193. The Kier molecular flexibility index (Phi) is 5.77. The van der Waals surface area contributed by atoms with E-state index < -0.39 is 0 Å². The zero-order chi connectivity index (χ0) is 12.0. The molecule has 2 unspecified atom stereocenters. The molecule has 2 nitrogen and oxygen atoms in total. The molecule has 1 heterocycles. The topological polar surface area (TPSA) is 15.3 Å². The lowest BCUT2D eigenvalue weighted by Gasteiger charge is -2.48.